The van der Waals surface area contributed by atoms with Crippen LogP contribution in [-0.4, -0.2) is 26.3 Å². The average Bonchev–Trinajstić information content (AvgIpc) is 2.79. The van der Waals surface area contributed by atoms with Crippen molar-refractivity contribution in [2.75, 3.05) is 11.9 Å². The Labute approximate surface area is 118 Å². The monoisotopic (exact) mass is 279 g/mol. The molecule has 0 atom stereocenters. The summed E-state index contributed by atoms with van der Waals surface area (Å²) in [6.07, 6.45) is 7.25. The first-order valence-corrected chi connectivity index (χ1v) is 6.80. The third kappa shape index (κ3) is 3.67. The molecule has 1 N–H and O–H groups in total. The Hall–Kier alpha value is -1.62. The van der Waals surface area contributed by atoms with E-state index in [4.69, 9.17) is 11.6 Å². The van der Waals surface area contributed by atoms with Gasteiger partial charge in [-0.3, -0.25) is 4.68 Å². The Morgan fingerprint density at radius 2 is 2.21 bits per heavy atom. The van der Waals surface area contributed by atoms with Crippen molar-refractivity contribution >= 4 is 17.4 Å². The largest absolute Gasteiger partial charge is 0.368 e. The predicted octanol–water partition coefficient (Wildman–Crippen LogP) is 2.70. The molecule has 0 radical (unpaired) electrons. The van der Waals surface area contributed by atoms with Gasteiger partial charge in [-0.05, 0) is 18.9 Å². The second kappa shape index (κ2) is 6.52. The van der Waals surface area contributed by atoms with Crippen molar-refractivity contribution in [2.45, 2.75) is 33.2 Å². The zero-order valence-electron chi connectivity index (χ0n) is 11.2. The molecule has 0 saturated carbocycles. The minimum atomic E-state index is 0.536. The third-order valence-electron chi connectivity index (χ3n) is 2.79. The summed E-state index contributed by atoms with van der Waals surface area (Å²) in [5.41, 5.74) is 2.15. The highest BCUT2D eigenvalue weighted by Crippen LogP contribution is 2.21. The lowest BCUT2D eigenvalue weighted by atomic mass is 10.2. The molecular weight excluding hydrogens is 262 g/mol. The maximum absolute atomic E-state index is 6.10. The van der Waals surface area contributed by atoms with Gasteiger partial charge < -0.3 is 5.32 Å². The van der Waals surface area contributed by atoms with E-state index in [0.29, 0.717) is 5.15 Å². The van der Waals surface area contributed by atoms with Crippen LogP contribution in [0, 0.1) is 6.92 Å². The molecule has 0 aliphatic carbocycles. The highest BCUT2D eigenvalue weighted by Gasteiger charge is 2.08. The van der Waals surface area contributed by atoms with Crippen molar-refractivity contribution in [1.29, 1.82) is 0 Å². The van der Waals surface area contributed by atoms with E-state index in [1.165, 1.54) is 6.33 Å². The van der Waals surface area contributed by atoms with Crippen LogP contribution >= 0.6 is 11.6 Å². The smallest absolute Gasteiger partial charge is 0.137 e. The van der Waals surface area contributed by atoms with Crippen LogP contribution in [0.15, 0.2) is 18.7 Å². The summed E-state index contributed by atoms with van der Waals surface area (Å²) in [7, 11) is 0. The number of aryl methyl sites for hydroxylation is 1. The maximum atomic E-state index is 6.10. The van der Waals surface area contributed by atoms with Crippen molar-refractivity contribution in [2.24, 2.45) is 0 Å². The van der Waals surface area contributed by atoms with Gasteiger partial charge >= 0.3 is 0 Å². The van der Waals surface area contributed by atoms with Gasteiger partial charge in [0.2, 0.25) is 0 Å². The first-order valence-electron chi connectivity index (χ1n) is 6.43. The fourth-order valence-electron chi connectivity index (χ4n) is 1.89. The molecule has 19 heavy (non-hydrogen) atoms. The normalized spacial score (nSPS) is 10.7. The molecule has 0 aliphatic rings. The first-order chi connectivity index (χ1) is 9.20. The molecule has 0 bridgehead atoms. The Bertz CT molecular complexity index is 538. The molecule has 0 saturated heterocycles. The van der Waals surface area contributed by atoms with Gasteiger partial charge in [-0.25, -0.2) is 9.97 Å². The number of aromatic nitrogens is 4. The van der Waals surface area contributed by atoms with Crippen LogP contribution in [0.25, 0.3) is 0 Å². The van der Waals surface area contributed by atoms with Gasteiger partial charge in [0.05, 0.1) is 12.7 Å². The Kier molecular flexibility index (Phi) is 4.74. The van der Waals surface area contributed by atoms with Crippen LogP contribution in [0.2, 0.25) is 5.15 Å². The number of hydrogen-bond donors (Lipinski definition) is 1. The van der Waals surface area contributed by atoms with Crippen molar-refractivity contribution < 1.29 is 0 Å². The average molecular weight is 280 g/mol. The molecule has 0 amide bonds. The van der Waals surface area contributed by atoms with Crippen LogP contribution < -0.4 is 5.32 Å². The fraction of sp³-hybridized carbons (Fsp3) is 0.462. The first kappa shape index (κ1) is 13.8. The molecule has 6 heteroatoms. The lowest BCUT2D eigenvalue weighted by molar-refractivity contribution is 0.636. The summed E-state index contributed by atoms with van der Waals surface area (Å²) >= 11 is 6.10. The second-order valence-electron chi connectivity index (χ2n) is 4.45. The molecule has 2 aromatic heterocycles. The summed E-state index contributed by atoms with van der Waals surface area (Å²) < 4.78 is 1.91. The van der Waals surface area contributed by atoms with E-state index in [2.05, 4.69) is 27.3 Å². The number of halogens is 1. The van der Waals surface area contributed by atoms with Gasteiger partial charge in [0.1, 0.15) is 17.3 Å². The van der Waals surface area contributed by atoms with Crippen molar-refractivity contribution in [3.05, 3.63) is 35.0 Å². The Morgan fingerprint density at radius 3 is 2.89 bits per heavy atom. The second-order valence-corrected chi connectivity index (χ2v) is 4.81. The SMILES string of the molecule is CCCc1c(Cl)ncnc1NCCn1cc(C)cn1. The molecule has 0 fully saturated rings. The number of rotatable bonds is 6. The minimum absolute atomic E-state index is 0.536. The zero-order chi connectivity index (χ0) is 13.7. The minimum Gasteiger partial charge on any atom is -0.368 e. The molecule has 2 heterocycles. The summed E-state index contributed by atoms with van der Waals surface area (Å²) in [5.74, 6) is 0.825. The predicted molar refractivity (Wildman–Crippen MR) is 76.5 cm³/mol. The van der Waals surface area contributed by atoms with E-state index < -0.39 is 0 Å². The molecule has 0 unspecified atom stereocenters. The van der Waals surface area contributed by atoms with E-state index in [-0.39, 0.29) is 0 Å². The van der Waals surface area contributed by atoms with E-state index in [1.807, 2.05) is 24.0 Å². The molecule has 0 spiro atoms. The molecule has 5 nitrogen and oxygen atoms in total. The van der Waals surface area contributed by atoms with Gasteiger partial charge in [0, 0.05) is 18.3 Å². The molecular formula is C13H18ClN5. The Balaban J connectivity index is 1.97. The van der Waals surface area contributed by atoms with Crippen molar-refractivity contribution in [3.63, 3.8) is 0 Å². The standard InChI is InChI=1S/C13H18ClN5/c1-3-4-11-12(14)16-9-17-13(11)15-5-6-19-8-10(2)7-18-19/h7-9H,3-6H2,1-2H3,(H,15,16,17). The topological polar surface area (TPSA) is 55.6 Å². The number of anilines is 1. The molecule has 2 rings (SSSR count). The molecule has 0 aromatic carbocycles. The number of hydrogen-bond acceptors (Lipinski definition) is 4. The zero-order valence-corrected chi connectivity index (χ0v) is 12.0. The third-order valence-corrected chi connectivity index (χ3v) is 3.11. The Morgan fingerprint density at radius 1 is 1.37 bits per heavy atom. The van der Waals surface area contributed by atoms with Crippen molar-refractivity contribution in [1.82, 2.24) is 19.7 Å². The molecule has 102 valence electrons. The van der Waals surface area contributed by atoms with E-state index in [9.17, 15) is 0 Å². The van der Waals surface area contributed by atoms with Gasteiger partial charge in [-0.2, -0.15) is 5.10 Å². The highest BCUT2D eigenvalue weighted by atomic mass is 35.5. The van der Waals surface area contributed by atoms with Crippen LogP contribution in [0.1, 0.15) is 24.5 Å². The van der Waals surface area contributed by atoms with Gasteiger partial charge in [0.25, 0.3) is 0 Å². The quantitative estimate of drug-likeness (QED) is 0.826. The van der Waals surface area contributed by atoms with Crippen LogP contribution in [0.5, 0.6) is 0 Å². The molecule has 0 aliphatic heterocycles. The molecule has 2 aromatic rings. The number of nitrogens with one attached hydrogen (secondary N) is 1. The lowest BCUT2D eigenvalue weighted by Gasteiger charge is -2.11. The van der Waals surface area contributed by atoms with Gasteiger partial charge in [-0.15, -0.1) is 0 Å². The summed E-state index contributed by atoms with van der Waals surface area (Å²) in [5, 5.41) is 8.08. The van der Waals surface area contributed by atoms with Gasteiger partial charge in [-0.1, -0.05) is 24.9 Å². The van der Waals surface area contributed by atoms with Crippen LogP contribution in [0.3, 0.4) is 0 Å². The van der Waals surface area contributed by atoms with E-state index >= 15 is 0 Å². The summed E-state index contributed by atoms with van der Waals surface area (Å²) in [6, 6.07) is 0. The summed E-state index contributed by atoms with van der Waals surface area (Å²) in [4.78, 5) is 8.28. The summed E-state index contributed by atoms with van der Waals surface area (Å²) in [6.45, 7) is 5.69. The maximum Gasteiger partial charge on any atom is 0.137 e. The van der Waals surface area contributed by atoms with E-state index in [1.54, 1.807) is 0 Å². The fourth-order valence-corrected chi connectivity index (χ4v) is 2.12. The van der Waals surface area contributed by atoms with Gasteiger partial charge in [0.15, 0.2) is 0 Å². The lowest BCUT2D eigenvalue weighted by Crippen LogP contribution is -2.13. The van der Waals surface area contributed by atoms with Crippen molar-refractivity contribution in [3.8, 4) is 0 Å². The number of nitrogens with zero attached hydrogens (tertiary/aromatic N) is 4. The van der Waals surface area contributed by atoms with E-state index in [0.717, 1.165) is 42.9 Å². The highest BCUT2D eigenvalue weighted by molar-refractivity contribution is 6.30. The van der Waals surface area contributed by atoms with Crippen LogP contribution in [0.4, 0.5) is 5.82 Å². The van der Waals surface area contributed by atoms with Crippen LogP contribution in [-0.2, 0) is 13.0 Å².